The van der Waals surface area contributed by atoms with E-state index in [9.17, 15) is 38.1 Å². The number of rotatable bonds is 10. The van der Waals surface area contributed by atoms with E-state index >= 15 is 0 Å². The molecular weight excluding hydrogens is 666 g/mol. The van der Waals surface area contributed by atoms with Crippen LogP contribution in [0.5, 0.6) is 0 Å². The number of nitrogens with zero attached hydrogens (tertiary/aromatic N) is 5. The van der Waals surface area contributed by atoms with Gasteiger partial charge in [-0.1, -0.05) is 48.5 Å². The molecule has 0 radical (unpaired) electrons. The normalized spacial score (nSPS) is 14.0. The van der Waals surface area contributed by atoms with Gasteiger partial charge in [0.1, 0.15) is 22.9 Å². The lowest BCUT2D eigenvalue weighted by molar-refractivity contribution is -0.384. The Bertz CT molecular complexity index is 2060. The first-order valence-corrected chi connectivity index (χ1v) is 16.2. The third-order valence-corrected chi connectivity index (χ3v) is 8.42. The van der Waals surface area contributed by atoms with Crippen LogP contribution in [0.1, 0.15) is 49.2 Å². The minimum Gasteiger partial charge on any atom is -0.444 e. The molecule has 4 aromatic rings. The fourth-order valence-corrected chi connectivity index (χ4v) is 5.95. The molecule has 3 aromatic carbocycles. The van der Waals surface area contributed by atoms with E-state index in [1.165, 1.54) is 41.0 Å². The molecule has 5 rings (SSSR count). The number of hydrogen-bond donors (Lipinski definition) is 1. The average molecular weight is 705 g/mol. The molecule has 15 heteroatoms. The molecule has 1 N–H and O–H groups in total. The SMILES string of the molecule is Cc1c(N2CCN(Cc3cccc([N+](=O)[O-])c3)C(=O)C2)c(=O)n(CC(NC(=O)OC(C)(C)C)c2ccccc2)c(=O)n1Cc1c(F)cccc1F. The van der Waals surface area contributed by atoms with E-state index in [0.717, 1.165) is 21.3 Å². The largest absolute Gasteiger partial charge is 0.444 e. The minimum absolute atomic E-state index is 0.0289. The average Bonchev–Trinajstić information content (AvgIpc) is 3.06. The van der Waals surface area contributed by atoms with Gasteiger partial charge in [0, 0.05) is 43.0 Å². The van der Waals surface area contributed by atoms with E-state index in [1.54, 1.807) is 57.2 Å². The zero-order valence-corrected chi connectivity index (χ0v) is 28.6. The zero-order valence-electron chi connectivity index (χ0n) is 28.6. The van der Waals surface area contributed by atoms with Crippen LogP contribution in [0.15, 0.2) is 82.4 Å². The Balaban J connectivity index is 1.55. The maximum absolute atomic E-state index is 14.9. The fourth-order valence-electron chi connectivity index (χ4n) is 5.95. The van der Waals surface area contributed by atoms with Crippen LogP contribution in [0.2, 0.25) is 0 Å². The number of hydrogen-bond acceptors (Lipinski definition) is 8. The number of anilines is 1. The van der Waals surface area contributed by atoms with Crippen molar-refractivity contribution in [2.24, 2.45) is 0 Å². The third kappa shape index (κ3) is 8.48. The summed E-state index contributed by atoms with van der Waals surface area (Å²) in [6, 6.07) is 16.9. The maximum atomic E-state index is 14.9. The lowest BCUT2D eigenvalue weighted by atomic mass is 10.1. The van der Waals surface area contributed by atoms with Crippen molar-refractivity contribution in [1.82, 2.24) is 19.4 Å². The summed E-state index contributed by atoms with van der Waals surface area (Å²) < 4.78 is 37.2. The number of amides is 2. The molecule has 1 aromatic heterocycles. The fraction of sp³-hybridized carbons (Fsp3) is 0.333. The van der Waals surface area contributed by atoms with Gasteiger partial charge < -0.3 is 19.9 Å². The molecule has 1 fully saturated rings. The number of carbonyl (C=O) groups excluding carboxylic acids is 2. The number of benzene rings is 3. The highest BCUT2D eigenvalue weighted by molar-refractivity contribution is 5.83. The summed E-state index contributed by atoms with van der Waals surface area (Å²) in [6.45, 7) is 5.67. The molecule has 1 aliphatic rings. The van der Waals surface area contributed by atoms with E-state index in [4.69, 9.17) is 4.74 Å². The topological polar surface area (TPSA) is 149 Å². The summed E-state index contributed by atoms with van der Waals surface area (Å²) in [5.41, 5.74) is -1.86. The second-order valence-electron chi connectivity index (χ2n) is 13.2. The smallest absolute Gasteiger partial charge is 0.408 e. The Morgan fingerprint density at radius 1 is 0.941 bits per heavy atom. The quantitative estimate of drug-likeness (QED) is 0.185. The highest BCUT2D eigenvalue weighted by Crippen LogP contribution is 2.23. The second kappa shape index (κ2) is 14.9. The van der Waals surface area contributed by atoms with Gasteiger partial charge in [0.15, 0.2) is 0 Å². The van der Waals surface area contributed by atoms with Gasteiger partial charge >= 0.3 is 11.8 Å². The van der Waals surface area contributed by atoms with E-state index in [0.29, 0.717) is 11.1 Å². The van der Waals surface area contributed by atoms with Crippen molar-refractivity contribution >= 4 is 23.4 Å². The van der Waals surface area contributed by atoms with Crippen molar-refractivity contribution in [2.45, 2.75) is 59.0 Å². The van der Waals surface area contributed by atoms with Crippen LogP contribution in [0.3, 0.4) is 0 Å². The number of aromatic nitrogens is 2. The molecular formula is C36H38F2N6O7. The van der Waals surface area contributed by atoms with Crippen molar-refractivity contribution in [1.29, 1.82) is 0 Å². The first-order valence-electron chi connectivity index (χ1n) is 16.2. The van der Waals surface area contributed by atoms with E-state index in [2.05, 4.69) is 5.32 Å². The van der Waals surface area contributed by atoms with Crippen LogP contribution in [0.25, 0.3) is 0 Å². The summed E-state index contributed by atoms with van der Waals surface area (Å²) in [4.78, 5) is 68.6. The minimum atomic E-state index is -0.950. The molecule has 2 heterocycles. The van der Waals surface area contributed by atoms with Gasteiger partial charge in [-0.05, 0) is 51.0 Å². The maximum Gasteiger partial charge on any atom is 0.408 e. The molecule has 1 saturated heterocycles. The predicted molar refractivity (Wildman–Crippen MR) is 184 cm³/mol. The Hall–Kier alpha value is -5.86. The second-order valence-corrected chi connectivity index (χ2v) is 13.2. The summed E-state index contributed by atoms with van der Waals surface area (Å²) in [5.74, 6) is -2.16. The molecule has 13 nitrogen and oxygen atoms in total. The molecule has 268 valence electrons. The number of ether oxygens (including phenoxy) is 1. The van der Waals surface area contributed by atoms with Crippen molar-refractivity contribution < 1.29 is 28.0 Å². The van der Waals surface area contributed by atoms with Crippen molar-refractivity contribution in [3.05, 3.63) is 138 Å². The van der Waals surface area contributed by atoms with Gasteiger partial charge in [-0.3, -0.25) is 28.8 Å². The van der Waals surface area contributed by atoms with Gasteiger partial charge in [0.05, 0.1) is 30.6 Å². The lowest BCUT2D eigenvalue weighted by Gasteiger charge is -2.36. The predicted octanol–water partition coefficient (Wildman–Crippen LogP) is 4.67. The van der Waals surface area contributed by atoms with E-state index < -0.39 is 57.7 Å². The third-order valence-electron chi connectivity index (χ3n) is 8.42. The van der Waals surface area contributed by atoms with Crippen molar-refractivity contribution in [2.75, 3.05) is 24.5 Å². The highest BCUT2D eigenvalue weighted by atomic mass is 19.1. The summed E-state index contributed by atoms with van der Waals surface area (Å²) in [5, 5.41) is 14.0. The molecule has 51 heavy (non-hydrogen) atoms. The zero-order chi connectivity index (χ0) is 37.0. The number of alkyl carbamates (subject to hydrolysis) is 1. The molecule has 1 aliphatic heterocycles. The van der Waals surface area contributed by atoms with Gasteiger partial charge in [0.2, 0.25) is 5.91 Å². The Kier molecular flexibility index (Phi) is 10.7. The molecule has 0 bridgehead atoms. The van der Waals surface area contributed by atoms with Crippen LogP contribution >= 0.6 is 0 Å². The summed E-state index contributed by atoms with van der Waals surface area (Å²) in [6.07, 6.45) is -0.795. The number of nitro benzene ring substituents is 1. The van der Waals surface area contributed by atoms with Gasteiger partial charge in [-0.2, -0.15) is 0 Å². The van der Waals surface area contributed by atoms with Crippen LogP contribution in [-0.4, -0.2) is 56.2 Å². The number of nitro groups is 1. The van der Waals surface area contributed by atoms with Crippen LogP contribution < -0.4 is 21.5 Å². The molecule has 0 aliphatic carbocycles. The van der Waals surface area contributed by atoms with Crippen LogP contribution in [0, 0.1) is 28.7 Å². The highest BCUT2D eigenvalue weighted by Gasteiger charge is 2.31. The molecule has 1 atom stereocenters. The van der Waals surface area contributed by atoms with Gasteiger partial charge in [0.25, 0.3) is 11.2 Å². The first kappa shape index (κ1) is 36.4. The number of carbonyl (C=O) groups is 2. The number of halogens is 2. The Morgan fingerprint density at radius 2 is 1.61 bits per heavy atom. The summed E-state index contributed by atoms with van der Waals surface area (Å²) in [7, 11) is 0. The monoisotopic (exact) mass is 704 g/mol. The van der Waals surface area contributed by atoms with Crippen LogP contribution in [0.4, 0.5) is 25.0 Å². The molecule has 2 amide bonds. The number of piperazine rings is 1. The van der Waals surface area contributed by atoms with Crippen molar-refractivity contribution in [3.63, 3.8) is 0 Å². The molecule has 1 unspecified atom stereocenters. The van der Waals surface area contributed by atoms with Crippen molar-refractivity contribution in [3.8, 4) is 0 Å². The van der Waals surface area contributed by atoms with E-state index in [1.807, 2.05) is 0 Å². The Labute approximate surface area is 291 Å². The number of nitrogens with one attached hydrogen (secondary N) is 1. The Morgan fingerprint density at radius 3 is 2.24 bits per heavy atom. The lowest BCUT2D eigenvalue weighted by Crippen LogP contribution is -2.54. The van der Waals surface area contributed by atoms with Crippen LogP contribution in [-0.2, 0) is 29.2 Å². The molecule has 0 saturated carbocycles. The standard InChI is InChI=1S/C36H38F2N6O7/c1-23-32(41-17-16-40(31(45)22-41)19-24-10-8-13-26(18-24)44(49)50)33(46)43(35(48)42(23)20-27-28(37)14-9-15-29(27)38)21-30(25-11-6-5-7-12-25)39-34(47)51-36(2,3)4/h5-15,18,30H,16-17,19-22H2,1-4H3,(H,39,47). The summed E-state index contributed by atoms with van der Waals surface area (Å²) >= 11 is 0. The first-order chi connectivity index (χ1) is 24.1. The van der Waals surface area contributed by atoms with Gasteiger partial charge in [-0.15, -0.1) is 0 Å². The van der Waals surface area contributed by atoms with Gasteiger partial charge in [-0.25, -0.2) is 18.4 Å². The molecule has 0 spiro atoms. The van der Waals surface area contributed by atoms with E-state index in [-0.39, 0.29) is 55.7 Å². The number of non-ortho nitro benzene ring substituents is 1.